The molecule has 0 amide bonds. The van der Waals surface area contributed by atoms with E-state index in [1.807, 2.05) is 44.2 Å². The lowest BCUT2D eigenvalue weighted by Gasteiger charge is -2.12. The molecular weight excluding hydrogens is 440 g/mol. The number of allylic oxidation sites excluding steroid dienone is 4. The molecule has 0 radical (unpaired) electrons. The summed E-state index contributed by atoms with van der Waals surface area (Å²) in [6, 6.07) is 12.8. The van der Waals surface area contributed by atoms with Gasteiger partial charge in [-0.3, -0.25) is 4.79 Å². The summed E-state index contributed by atoms with van der Waals surface area (Å²) in [7, 11) is 0. The molecule has 0 aliphatic carbocycles. The first-order valence-corrected chi connectivity index (χ1v) is 12.3. The van der Waals surface area contributed by atoms with Crippen LogP contribution in [-0.4, -0.2) is 23.5 Å². The highest BCUT2D eigenvalue weighted by Crippen LogP contribution is 2.28. The molecule has 5 nitrogen and oxygen atoms in total. The van der Waals surface area contributed by atoms with Gasteiger partial charge in [0.25, 0.3) is 0 Å². The second-order valence-corrected chi connectivity index (χ2v) is 8.17. The fraction of sp³-hybridized carbons (Fsp3) is 0.333. The van der Waals surface area contributed by atoms with Crippen molar-refractivity contribution in [2.24, 2.45) is 0 Å². The number of benzene rings is 2. The number of carboxylic acid groups (broad SMARTS) is 1. The summed E-state index contributed by atoms with van der Waals surface area (Å²) in [5, 5.41) is 9.00. The first-order valence-electron chi connectivity index (χ1n) is 12.3. The summed E-state index contributed by atoms with van der Waals surface area (Å²) >= 11 is 0. The quantitative estimate of drug-likeness (QED) is 0.123. The van der Waals surface area contributed by atoms with Crippen molar-refractivity contribution in [3.8, 4) is 11.5 Å². The third-order valence-corrected chi connectivity index (χ3v) is 5.39. The molecule has 2 aromatic rings. The third kappa shape index (κ3) is 10.0. The highest BCUT2D eigenvalue weighted by molar-refractivity contribution is 6.08. The Morgan fingerprint density at radius 2 is 1.66 bits per heavy atom. The van der Waals surface area contributed by atoms with Crippen LogP contribution in [0, 0.1) is 0 Å². The minimum Gasteiger partial charge on any atom is -0.481 e. The maximum absolute atomic E-state index is 12.9. The first kappa shape index (κ1) is 27.6. The highest BCUT2D eigenvalue weighted by atomic mass is 16.5. The Balaban J connectivity index is 2.09. The van der Waals surface area contributed by atoms with Crippen LogP contribution in [0.25, 0.3) is 12.2 Å². The third-order valence-electron chi connectivity index (χ3n) is 5.39. The summed E-state index contributed by atoms with van der Waals surface area (Å²) in [4.78, 5) is 23.9. The Kier molecular flexibility index (Phi) is 12.1. The number of rotatable bonds is 15. The molecule has 0 unspecified atom stereocenters. The highest BCUT2D eigenvalue weighted by Gasteiger charge is 2.14. The summed E-state index contributed by atoms with van der Waals surface area (Å²) in [5.74, 6) is 0.0150. The minimum absolute atomic E-state index is 0.172. The van der Waals surface area contributed by atoms with Gasteiger partial charge in [0.15, 0.2) is 12.4 Å². The molecule has 5 heteroatoms. The predicted molar refractivity (Wildman–Crippen MR) is 142 cm³/mol. The van der Waals surface area contributed by atoms with E-state index in [9.17, 15) is 9.59 Å². The normalized spacial score (nSPS) is 11.8. The molecule has 0 aromatic heterocycles. The van der Waals surface area contributed by atoms with Crippen molar-refractivity contribution in [1.29, 1.82) is 0 Å². The molecule has 2 aromatic carbocycles. The van der Waals surface area contributed by atoms with Gasteiger partial charge < -0.3 is 14.6 Å². The summed E-state index contributed by atoms with van der Waals surface area (Å²) < 4.78 is 11.2. The van der Waals surface area contributed by atoms with E-state index in [2.05, 4.69) is 19.1 Å². The van der Waals surface area contributed by atoms with Crippen molar-refractivity contribution in [1.82, 2.24) is 0 Å². The molecule has 35 heavy (non-hydrogen) atoms. The van der Waals surface area contributed by atoms with Gasteiger partial charge in [0.2, 0.25) is 0 Å². The monoisotopic (exact) mass is 476 g/mol. The van der Waals surface area contributed by atoms with Crippen LogP contribution in [0.5, 0.6) is 11.5 Å². The van der Waals surface area contributed by atoms with Crippen LogP contribution in [0.1, 0.15) is 80.8 Å². The lowest BCUT2D eigenvalue weighted by molar-refractivity contribution is -0.139. The van der Waals surface area contributed by atoms with Crippen LogP contribution >= 0.6 is 0 Å². The molecule has 0 aliphatic rings. The standard InChI is InChI=1S/C30H36O5/c1-4-7-8-9-10-11-12-23-13-15-24(16-14-23)17-20-28(31)27-19-18-26(35-25(5-2)6-3)21-29(27)34-22-30(32)33/h5,11-21H,4,6-10,22H2,1-3H3,(H,32,33). The molecule has 2 rings (SSSR count). The summed E-state index contributed by atoms with van der Waals surface area (Å²) in [5.41, 5.74) is 2.29. The van der Waals surface area contributed by atoms with Crippen LogP contribution in [0.4, 0.5) is 0 Å². The topological polar surface area (TPSA) is 72.8 Å². The minimum atomic E-state index is -1.12. The summed E-state index contributed by atoms with van der Waals surface area (Å²) in [6.07, 6.45) is 16.2. The number of carbonyl (C=O) groups excluding carboxylic acids is 1. The molecule has 0 bridgehead atoms. The van der Waals surface area contributed by atoms with E-state index in [1.165, 1.54) is 31.8 Å². The summed E-state index contributed by atoms with van der Waals surface area (Å²) in [6.45, 7) is 5.51. The molecular formula is C30H36O5. The van der Waals surface area contributed by atoms with Gasteiger partial charge in [-0.05, 0) is 55.2 Å². The van der Waals surface area contributed by atoms with E-state index in [-0.39, 0.29) is 17.1 Å². The smallest absolute Gasteiger partial charge is 0.341 e. The largest absolute Gasteiger partial charge is 0.481 e. The lowest BCUT2D eigenvalue weighted by atomic mass is 10.1. The fourth-order valence-electron chi connectivity index (χ4n) is 3.40. The van der Waals surface area contributed by atoms with E-state index >= 15 is 0 Å². The van der Waals surface area contributed by atoms with E-state index in [0.29, 0.717) is 12.2 Å². The van der Waals surface area contributed by atoms with Gasteiger partial charge in [-0.25, -0.2) is 4.79 Å². The second kappa shape index (κ2) is 15.3. The van der Waals surface area contributed by atoms with Gasteiger partial charge in [0, 0.05) is 12.5 Å². The number of hydrogen-bond acceptors (Lipinski definition) is 4. The van der Waals surface area contributed by atoms with Crippen LogP contribution < -0.4 is 9.47 Å². The number of hydrogen-bond donors (Lipinski definition) is 1. The van der Waals surface area contributed by atoms with E-state index in [4.69, 9.17) is 14.6 Å². The zero-order valence-corrected chi connectivity index (χ0v) is 21.0. The van der Waals surface area contributed by atoms with Gasteiger partial charge in [-0.15, -0.1) is 0 Å². The molecule has 0 saturated heterocycles. The van der Waals surface area contributed by atoms with Gasteiger partial charge in [-0.2, -0.15) is 0 Å². The maximum Gasteiger partial charge on any atom is 0.341 e. The lowest BCUT2D eigenvalue weighted by Crippen LogP contribution is -2.12. The number of unbranched alkanes of at least 4 members (excludes halogenated alkanes) is 4. The van der Waals surface area contributed by atoms with E-state index in [0.717, 1.165) is 23.3 Å². The fourth-order valence-corrected chi connectivity index (χ4v) is 3.40. The van der Waals surface area contributed by atoms with Crippen LogP contribution in [0.2, 0.25) is 0 Å². The molecule has 0 saturated carbocycles. The number of carbonyl (C=O) groups is 2. The zero-order valence-electron chi connectivity index (χ0n) is 21.0. The van der Waals surface area contributed by atoms with Gasteiger partial charge in [0.1, 0.15) is 11.5 Å². The Labute approximate surface area is 208 Å². The molecule has 0 spiro atoms. The number of carboxylic acids is 1. The van der Waals surface area contributed by atoms with Crippen LogP contribution in [0.15, 0.2) is 66.5 Å². The Morgan fingerprint density at radius 3 is 2.29 bits per heavy atom. The van der Waals surface area contributed by atoms with Crippen molar-refractivity contribution in [3.63, 3.8) is 0 Å². The zero-order chi connectivity index (χ0) is 25.5. The van der Waals surface area contributed by atoms with Gasteiger partial charge in [0.05, 0.1) is 11.3 Å². The number of aliphatic carboxylic acids is 1. The van der Waals surface area contributed by atoms with E-state index < -0.39 is 12.6 Å². The van der Waals surface area contributed by atoms with Crippen molar-refractivity contribution in [3.05, 3.63) is 83.1 Å². The number of ether oxygens (including phenoxy) is 2. The Hall–Kier alpha value is -3.60. The van der Waals surface area contributed by atoms with Gasteiger partial charge >= 0.3 is 5.97 Å². The van der Waals surface area contributed by atoms with Crippen molar-refractivity contribution in [2.75, 3.05) is 6.61 Å². The van der Waals surface area contributed by atoms with E-state index in [1.54, 1.807) is 24.3 Å². The van der Waals surface area contributed by atoms with Crippen molar-refractivity contribution < 1.29 is 24.2 Å². The molecule has 0 atom stereocenters. The SMILES string of the molecule is CC=C(CC)Oc1ccc(C(=O)C=Cc2ccc(C=CCCCCCC)cc2)c(OCC(=O)O)c1. The predicted octanol–water partition coefficient (Wildman–Crippen LogP) is 7.72. The van der Waals surface area contributed by atoms with Gasteiger partial charge in [-0.1, -0.05) is 75.6 Å². The number of ketones is 1. The molecule has 1 N–H and O–H groups in total. The molecule has 0 fully saturated rings. The molecule has 0 heterocycles. The Morgan fingerprint density at radius 1 is 0.943 bits per heavy atom. The van der Waals surface area contributed by atoms with Crippen molar-refractivity contribution >= 4 is 23.9 Å². The second-order valence-electron chi connectivity index (χ2n) is 8.17. The average molecular weight is 477 g/mol. The Bertz CT molecular complexity index is 1040. The maximum atomic E-state index is 12.9. The first-order chi connectivity index (χ1) is 17.0. The van der Waals surface area contributed by atoms with Crippen LogP contribution in [0.3, 0.4) is 0 Å². The molecule has 0 aliphatic heterocycles. The van der Waals surface area contributed by atoms with Crippen LogP contribution in [-0.2, 0) is 4.79 Å². The van der Waals surface area contributed by atoms with Crippen molar-refractivity contribution in [2.45, 2.75) is 59.3 Å². The average Bonchev–Trinajstić information content (AvgIpc) is 2.87. The molecule has 186 valence electrons.